The van der Waals surface area contributed by atoms with Crippen molar-refractivity contribution in [1.82, 2.24) is 19.3 Å². The summed E-state index contributed by atoms with van der Waals surface area (Å²) in [6.07, 6.45) is 1.49. The molecule has 0 N–H and O–H groups in total. The summed E-state index contributed by atoms with van der Waals surface area (Å²) in [5.74, 6) is 0.784. The number of hydrogen-bond donors (Lipinski definition) is 0. The van der Waals surface area contributed by atoms with E-state index in [2.05, 4.69) is 10.1 Å². The Morgan fingerprint density at radius 2 is 2.05 bits per heavy atom. The fourth-order valence-corrected chi connectivity index (χ4v) is 2.96. The van der Waals surface area contributed by atoms with E-state index >= 15 is 0 Å². The molecular weight excluding hydrogens is 312 g/mol. The van der Waals surface area contributed by atoms with E-state index in [-0.39, 0.29) is 10.9 Å². The maximum absolute atomic E-state index is 11.5. The quantitative estimate of drug-likeness (QED) is 0.790. The molecule has 0 saturated carbocycles. The van der Waals surface area contributed by atoms with Gasteiger partial charge in [-0.05, 0) is 19.9 Å². The molecule has 0 aliphatic heterocycles. The normalized spacial score (nSPS) is 12.3. The molecule has 0 unspecified atom stereocenters. The number of halogens is 1. The van der Waals surface area contributed by atoms with Crippen LogP contribution in [-0.2, 0) is 22.1 Å². The summed E-state index contributed by atoms with van der Waals surface area (Å²) in [6, 6.07) is 1.99. The minimum atomic E-state index is -3.82. The molecule has 0 aliphatic rings. The van der Waals surface area contributed by atoms with E-state index in [9.17, 15) is 8.42 Å². The van der Waals surface area contributed by atoms with Gasteiger partial charge < -0.3 is 4.57 Å². The molecule has 21 heavy (non-hydrogen) atoms. The molecule has 0 radical (unpaired) electrons. The Kier molecular flexibility index (Phi) is 4.43. The lowest BCUT2D eigenvalue weighted by atomic mass is 10.2. The van der Waals surface area contributed by atoms with E-state index < -0.39 is 9.05 Å². The van der Waals surface area contributed by atoms with Crippen molar-refractivity contribution in [2.45, 2.75) is 51.7 Å². The highest BCUT2D eigenvalue weighted by Crippen LogP contribution is 2.21. The minimum absolute atomic E-state index is 0.0938. The first-order valence-corrected chi connectivity index (χ1v) is 9.08. The Morgan fingerprint density at radius 3 is 2.57 bits per heavy atom. The third-order valence-electron chi connectivity index (χ3n) is 3.17. The van der Waals surface area contributed by atoms with Crippen molar-refractivity contribution >= 4 is 19.7 Å². The van der Waals surface area contributed by atoms with Crippen LogP contribution in [-0.4, -0.2) is 27.7 Å². The topological polar surface area (TPSA) is 69.8 Å². The van der Waals surface area contributed by atoms with Crippen LogP contribution in [0, 0.1) is 6.92 Å². The highest BCUT2D eigenvalue weighted by Gasteiger charge is 2.20. The molecule has 6 nitrogen and oxygen atoms in total. The number of nitrogens with zero attached hydrogens (tertiary/aromatic N) is 4. The average Bonchev–Trinajstić information content (AvgIpc) is 2.93. The van der Waals surface area contributed by atoms with Gasteiger partial charge in [0.15, 0.2) is 5.03 Å². The fraction of sp³-hybridized carbons (Fsp3) is 0.538. The number of aryl methyl sites for hydroxylation is 2. The van der Waals surface area contributed by atoms with Crippen LogP contribution in [0.3, 0.4) is 0 Å². The predicted octanol–water partition coefficient (Wildman–Crippen LogP) is 2.51. The summed E-state index contributed by atoms with van der Waals surface area (Å²) in [5, 5.41) is 4.29. The molecule has 116 valence electrons. The molecule has 0 aliphatic carbocycles. The first-order chi connectivity index (χ1) is 9.72. The van der Waals surface area contributed by atoms with E-state index in [0.29, 0.717) is 12.4 Å². The van der Waals surface area contributed by atoms with Gasteiger partial charge in [0, 0.05) is 29.3 Å². The zero-order valence-corrected chi connectivity index (χ0v) is 14.1. The van der Waals surface area contributed by atoms with E-state index in [4.69, 9.17) is 10.7 Å². The largest absolute Gasteiger partial charge is 0.327 e. The molecule has 2 aromatic rings. The van der Waals surface area contributed by atoms with Gasteiger partial charge in [-0.25, -0.2) is 13.4 Å². The van der Waals surface area contributed by atoms with Crippen molar-refractivity contribution in [1.29, 1.82) is 0 Å². The molecule has 0 atom stereocenters. The van der Waals surface area contributed by atoms with E-state index in [1.807, 2.05) is 43.0 Å². The highest BCUT2D eigenvalue weighted by molar-refractivity contribution is 8.13. The second kappa shape index (κ2) is 5.81. The van der Waals surface area contributed by atoms with E-state index in [0.717, 1.165) is 17.9 Å². The van der Waals surface area contributed by atoms with Crippen molar-refractivity contribution in [3.8, 4) is 0 Å². The van der Waals surface area contributed by atoms with Crippen LogP contribution in [0.4, 0.5) is 0 Å². The lowest BCUT2D eigenvalue weighted by Crippen LogP contribution is -2.10. The van der Waals surface area contributed by atoms with Gasteiger partial charge in [-0.15, -0.1) is 0 Å². The average molecular weight is 331 g/mol. The highest BCUT2D eigenvalue weighted by atomic mass is 35.7. The Bertz CT molecular complexity index is 746. The number of aromatic nitrogens is 4. The standard InChI is InChI=1S/C13H19ClN4O2S/c1-5-18-11(6-10(4)16-18)7-17-8-12(21(14,19)20)15-13(17)9(2)3/h6,8-9H,5,7H2,1-4H3. The lowest BCUT2D eigenvalue weighted by Gasteiger charge is -2.10. The van der Waals surface area contributed by atoms with E-state index in [1.165, 1.54) is 6.20 Å². The van der Waals surface area contributed by atoms with Crippen LogP contribution >= 0.6 is 10.7 Å². The summed E-state index contributed by atoms with van der Waals surface area (Å²) < 4.78 is 26.7. The summed E-state index contributed by atoms with van der Waals surface area (Å²) in [6.45, 7) is 9.15. The van der Waals surface area contributed by atoms with Crippen molar-refractivity contribution in [3.05, 3.63) is 29.5 Å². The maximum Gasteiger partial charge on any atom is 0.280 e. The molecule has 0 spiro atoms. The van der Waals surface area contributed by atoms with Crippen LogP contribution in [0.25, 0.3) is 0 Å². The third kappa shape index (κ3) is 3.47. The summed E-state index contributed by atoms with van der Waals surface area (Å²) >= 11 is 0. The summed E-state index contributed by atoms with van der Waals surface area (Å²) in [5.41, 5.74) is 1.94. The van der Waals surface area contributed by atoms with Gasteiger partial charge in [0.05, 0.1) is 17.9 Å². The Labute approximate surface area is 129 Å². The van der Waals surface area contributed by atoms with Crippen molar-refractivity contribution in [3.63, 3.8) is 0 Å². The molecule has 2 aromatic heterocycles. The molecule has 0 aromatic carbocycles. The van der Waals surface area contributed by atoms with Crippen LogP contribution in [0.2, 0.25) is 0 Å². The molecule has 2 rings (SSSR count). The minimum Gasteiger partial charge on any atom is -0.327 e. The number of imidazole rings is 1. The monoisotopic (exact) mass is 330 g/mol. The summed E-state index contributed by atoms with van der Waals surface area (Å²) in [7, 11) is 1.57. The zero-order chi connectivity index (χ0) is 15.8. The van der Waals surface area contributed by atoms with Crippen LogP contribution in [0.1, 0.15) is 43.9 Å². The molecule has 0 bridgehead atoms. The Morgan fingerprint density at radius 1 is 1.38 bits per heavy atom. The fourth-order valence-electron chi connectivity index (χ4n) is 2.29. The first kappa shape index (κ1) is 16.0. The van der Waals surface area contributed by atoms with Crippen molar-refractivity contribution in [2.24, 2.45) is 0 Å². The number of rotatable bonds is 5. The van der Waals surface area contributed by atoms with Gasteiger partial charge in [-0.1, -0.05) is 13.8 Å². The second-order valence-electron chi connectivity index (χ2n) is 5.25. The van der Waals surface area contributed by atoms with Gasteiger partial charge in [0.25, 0.3) is 9.05 Å². The predicted molar refractivity (Wildman–Crippen MR) is 81.1 cm³/mol. The molecule has 2 heterocycles. The Balaban J connectivity index is 2.45. The smallest absolute Gasteiger partial charge is 0.280 e. The molecule has 0 amide bonds. The molecule has 0 fully saturated rings. The van der Waals surface area contributed by atoms with Crippen molar-refractivity contribution in [2.75, 3.05) is 0 Å². The van der Waals surface area contributed by atoms with Crippen LogP contribution in [0.15, 0.2) is 17.3 Å². The van der Waals surface area contributed by atoms with Crippen LogP contribution < -0.4 is 0 Å². The summed E-state index contributed by atoms with van der Waals surface area (Å²) in [4.78, 5) is 4.15. The van der Waals surface area contributed by atoms with Gasteiger partial charge in [-0.2, -0.15) is 5.10 Å². The number of hydrogen-bond acceptors (Lipinski definition) is 4. The van der Waals surface area contributed by atoms with Crippen molar-refractivity contribution < 1.29 is 8.42 Å². The Hall–Kier alpha value is -1.34. The lowest BCUT2D eigenvalue weighted by molar-refractivity contribution is 0.580. The molecular formula is C13H19ClN4O2S. The van der Waals surface area contributed by atoms with Gasteiger partial charge >= 0.3 is 0 Å². The van der Waals surface area contributed by atoms with Crippen LogP contribution in [0.5, 0.6) is 0 Å². The van der Waals surface area contributed by atoms with E-state index in [1.54, 1.807) is 0 Å². The second-order valence-corrected chi connectivity index (χ2v) is 7.76. The third-order valence-corrected chi connectivity index (χ3v) is 4.34. The van der Waals surface area contributed by atoms with Gasteiger partial charge in [-0.3, -0.25) is 4.68 Å². The molecule has 8 heteroatoms. The van der Waals surface area contributed by atoms with Gasteiger partial charge in [0.2, 0.25) is 0 Å². The SMILES string of the molecule is CCn1nc(C)cc1Cn1cc(S(=O)(=O)Cl)nc1C(C)C. The van der Waals surface area contributed by atoms with Gasteiger partial charge in [0.1, 0.15) is 5.82 Å². The zero-order valence-electron chi connectivity index (χ0n) is 12.5. The first-order valence-electron chi connectivity index (χ1n) is 6.77. The molecule has 0 saturated heterocycles. The maximum atomic E-state index is 11.5.